The van der Waals surface area contributed by atoms with Crippen molar-refractivity contribution in [2.45, 2.75) is 97.1 Å². The van der Waals surface area contributed by atoms with E-state index < -0.39 is 15.1 Å². The van der Waals surface area contributed by atoms with Crippen LogP contribution in [-0.4, -0.2) is 31.6 Å². The summed E-state index contributed by atoms with van der Waals surface area (Å²) in [5.41, 5.74) is 4.03. The molecule has 0 heterocycles. The van der Waals surface area contributed by atoms with Crippen LogP contribution >= 0.6 is 11.6 Å². The van der Waals surface area contributed by atoms with Crippen LogP contribution in [0.2, 0.25) is 0 Å². The van der Waals surface area contributed by atoms with Gasteiger partial charge in [-0.25, -0.2) is 8.42 Å². The second kappa shape index (κ2) is 12.4. The van der Waals surface area contributed by atoms with E-state index in [2.05, 4.69) is 20.8 Å². The van der Waals surface area contributed by atoms with Crippen molar-refractivity contribution in [3.8, 4) is 0 Å². The molecule has 0 saturated carbocycles. The number of carbonyl (C=O) groups is 1. The minimum Gasteiger partial charge on any atom is -0.462 e. The molecule has 0 amide bonds. The lowest BCUT2D eigenvalue weighted by Gasteiger charge is -2.38. The lowest BCUT2D eigenvalue weighted by atomic mass is 9.71. The van der Waals surface area contributed by atoms with Gasteiger partial charge >= 0.3 is 5.97 Å². The van der Waals surface area contributed by atoms with Crippen LogP contribution in [-0.2, 0) is 19.4 Å². The maximum absolute atomic E-state index is 13.9. The fourth-order valence-electron chi connectivity index (χ4n) is 4.91. The third-order valence-electron chi connectivity index (χ3n) is 6.92. The maximum atomic E-state index is 13.9. The summed E-state index contributed by atoms with van der Waals surface area (Å²) in [6.07, 6.45) is 15.2. The number of esters is 1. The number of allylic oxidation sites excluding steroid dienone is 7. The highest BCUT2D eigenvalue weighted by molar-refractivity contribution is 7.96. The Morgan fingerprint density at radius 2 is 1.94 bits per heavy atom. The second-order valence-corrected chi connectivity index (χ2v) is 12.9. The maximum Gasteiger partial charge on any atom is 0.302 e. The van der Waals surface area contributed by atoms with Gasteiger partial charge in [-0.1, -0.05) is 48.8 Å². The minimum absolute atomic E-state index is 0.181. The van der Waals surface area contributed by atoms with Gasteiger partial charge in [-0.15, -0.1) is 11.6 Å². The predicted octanol–water partition coefficient (Wildman–Crippen LogP) is 7.37. The number of rotatable bonds is 10. The fraction of sp³-hybridized carbons (Fsp3) is 0.607. The van der Waals surface area contributed by atoms with Crippen LogP contribution in [0.1, 0.15) is 86.5 Å². The molecule has 6 heteroatoms. The highest BCUT2D eigenvalue weighted by atomic mass is 35.5. The largest absolute Gasteiger partial charge is 0.462 e. The van der Waals surface area contributed by atoms with Gasteiger partial charge in [-0.05, 0) is 88.9 Å². The van der Waals surface area contributed by atoms with Gasteiger partial charge < -0.3 is 4.74 Å². The standard InChI is InChI=1S/C28H41ClO4S/c1-20(16-18-33-23(4)30)14-15-25(29)22(3)19-26(27-21(2)11-10-17-28(27,5)6)34(31,32)24-12-8-7-9-13-24/h7-8,12,16,19,25-26H,9-11,13-15,17-18H2,1-6H3/b20-16+,22-19+. The number of alkyl halides is 1. The van der Waals surface area contributed by atoms with E-state index in [1.807, 2.05) is 38.2 Å². The first-order valence-electron chi connectivity index (χ1n) is 12.3. The van der Waals surface area contributed by atoms with E-state index in [9.17, 15) is 13.2 Å². The quantitative estimate of drug-likeness (QED) is 0.175. The summed E-state index contributed by atoms with van der Waals surface area (Å²) in [4.78, 5) is 11.5. The van der Waals surface area contributed by atoms with Crippen LogP contribution in [0.25, 0.3) is 0 Å². The minimum atomic E-state index is -3.55. The molecule has 0 aromatic heterocycles. The molecule has 0 aromatic carbocycles. The zero-order valence-electron chi connectivity index (χ0n) is 21.6. The Balaban J connectivity index is 2.35. The van der Waals surface area contributed by atoms with E-state index in [1.165, 1.54) is 12.5 Å². The van der Waals surface area contributed by atoms with Crippen molar-refractivity contribution in [2.75, 3.05) is 6.61 Å². The number of carbonyl (C=O) groups excluding carboxylic acids is 1. The lowest BCUT2D eigenvalue weighted by molar-refractivity contribution is -0.139. The predicted molar refractivity (Wildman–Crippen MR) is 143 cm³/mol. The molecule has 190 valence electrons. The molecule has 0 spiro atoms. The molecule has 2 aliphatic rings. The Bertz CT molecular complexity index is 1010. The van der Waals surface area contributed by atoms with Gasteiger partial charge in [0.2, 0.25) is 0 Å². The molecule has 2 rings (SSSR count). The Kier molecular flexibility index (Phi) is 10.4. The van der Waals surface area contributed by atoms with E-state index in [-0.39, 0.29) is 23.4 Å². The summed E-state index contributed by atoms with van der Waals surface area (Å²) in [6.45, 7) is 12.0. The SMILES string of the molecule is CC(=O)OC/C=C(\C)CCC(Cl)/C(C)=C/C(C1=C(C)CCCC1(C)C)S(=O)(=O)C1=CC=CCC1. The molecule has 2 aliphatic carbocycles. The van der Waals surface area contributed by atoms with E-state index in [0.29, 0.717) is 17.7 Å². The first-order valence-corrected chi connectivity index (χ1v) is 14.3. The van der Waals surface area contributed by atoms with Gasteiger partial charge in [0.05, 0.1) is 5.38 Å². The summed E-state index contributed by atoms with van der Waals surface area (Å²) in [5.74, 6) is -0.302. The van der Waals surface area contributed by atoms with Crippen LogP contribution in [0, 0.1) is 5.41 Å². The van der Waals surface area contributed by atoms with Crippen LogP contribution in [0.4, 0.5) is 0 Å². The molecular weight excluding hydrogens is 468 g/mol. The van der Waals surface area contributed by atoms with Crippen LogP contribution in [0.3, 0.4) is 0 Å². The van der Waals surface area contributed by atoms with Crippen molar-refractivity contribution >= 4 is 27.4 Å². The number of ether oxygens (including phenoxy) is 1. The number of sulfone groups is 1. The van der Waals surface area contributed by atoms with E-state index in [0.717, 1.165) is 48.8 Å². The molecule has 0 aromatic rings. The highest BCUT2D eigenvalue weighted by Gasteiger charge is 2.40. The average Bonchev–Trinajstić information content (AvgIpc) is 2.76. The van der Waals surface area contributed by atoms with Gasteiger partial charge in [0.25, 0.3) is 0 Å². The van der Waals surface area contributed by atoms with E-state index in [4.69, 9.17) is 16.3 Å². The summed E-state index contributed by atoms with van der Waals surface area (Å²) < 4.78 is 32.9. The normalized spacial score (nSPS) is 21.2. The van der Waals surface area contributed by atoms with Gasteiger partial charge in [0.1, 0.15) is 11.9 Å². The average molecular weight is 509 g/mol. The lowest BCUT2D eigenvalue weighted by Crippen LogP contribution is -2.34. The molecule has 0 fully saturated rings. The third kappa shape index (κ3) is 7.71. The van der Waals surface area contributed by atoms with Crippen molar-refractivity contribution in [1.29, 1.82) is 0 Å². The molecule has 0 aliphatic heterocycles. The van der Waals surface area contributed by atoms with Crippen molar-refractivity contribution in [2.24, 2.45) is 5.41 Å². The van der Waals surface area contributed by atoms with Crippen LogP contribution < -0.4 is 0 Å². The number of halogens is 1. The van der Waals surface area contributed by atoms with E-state index >= 15 is 0 Å². The summed E-state index contributed by atoms with van der Waals surface area (Å²) in [6, 6.07) is 0. The van der Waals surface area contributed by atoms with Gasteiger partial charge in [0, 0.05) is 11.8 Å². The molecule has 34 heavy (non-hydrogen) atoms. The molecule has 0 radical (unpaired) electrons. The molecule has 0 N–H and O–H groups in total. The fourth-order valence-corrected chi connectivity index (χ4v) is 7.31. The number of hydrogen-bond acceptors (Lipinski definition) is 4. The van der Waals surface area contributed by atoms with Crippen LogP contribution in [0.15, 0.2) is 57.6 Å². The second-order valence-electron chi connectivity index (χ2n) is 10.3. The van der Waals surface area contributed by atoms with Gasteiger partial charge in [-0.3, -0.25) is 4.79 Å². The summed E-state index contributed by atoms with van der Waals surface area (Å²) >= 11 is 6.77. The summed E-state index contributed by atoms with van der Waals surface area (Å²) in [7, 11) is -3.55. The van der Waals surface area contributed by atoms with Crippen molar-refractivity contribution in [3.05, 3.63) is 57.6 Å². The zero-order chi connectivity index (χ0) is 25.5. The van der Waals surface area contributed by atoms with Crippen molar-refractivity contribution in [1.82, 2.24) is 0 Å². The highest BCUT2D eigenvalue weighted by Crippen LogP contribution is 2.45. The van der Waals surface area contributed by atoms with Gasteiger partial charge in [-0.2, -0.15) is 0 Å². The third-order valence-corrected chi connectivity index (χ3v) is 9.60. The first-order chi connectivity index (χ1) is 15.9. The Morgan fingerprint density at radius 1 is 1.24 bits per heavy atom. The Labute approximate surface area is 211 Å². The molecule has 0 bridgehead atoms. The molecule has 4 nitrogen and oxygen atoms in total. The van der Waals surface area contributed by atoms with E-state index in [1.54, 1.807) is 6.08 Å². The van der Waals surface area contributed by atoms with Crippen LogP contribution in [0.5, 0.6) is 0 Å². The monoisotopic (exact) mass is 508 g/mol. The molecule has 0 saturated heterocycles. The molecule has 2 unspecified atom stereocenters. The molecule has 2 atom stereocenters. The number of hydrogen-bond donors (Lipinski definition) is 0. The van der Waals surface area contributed by atoms with Crippen molar-refractivity contribution in [3.63, 3.8) is 0 Å². The topological polar surface area (TPSA) is 60.4 Å². The summed E-state index contributed by atoms with van der Waals surface area (Å²) in [5, 5.41) is -0.968. The smallest absolute Gasteiger partial charge is 0.302 e. The first kappa shape index (κ1) is 28.6. The van der Waals surface area contributed by atoms with Gasteiger partial charge in [0.15, 0.2) is 9.84 Å². The Morgan fingerprint density at radius 3 is 2.53 bits per heavy atom. The molecular formula is C28H41ClO4S. The van der Waals surface area contributed by atoms with Crippen molar-refractivity contribution < 1.29 is 17.9 Å². The zero-order valence-corrected chi connectivity index (χ0v) is 23.2. The Hall–Kier alpha value is -1.59.